The van der Waals surface area contributed by atoms with Crippen LogP contribution in [0.3, 0.4) is 0 Å². The maximum Gasteiger partial charge on any atom is 0.508 e. The van der Waals surface area contributed by atoms with Crippen LogP contribution in [0, 0.1) is 5.41 Å². The number of allylic oxidation sites excluding steroid dienone is 3. The molecule has 0 aliphatic heterocycles. The Morgan fingerprint density at radius 1 is 1.00 bits per heavy atom. The summed E-state index contributed by atoms with van der Waals surface area (Å²) in [6.45, 7) is 5.67. The maximum absolute atomic E-state index is 12.5. The molecule has 0 heterocycles. The second-order valence-electron chi connectivity index (χ2n) is 11.7. The first-order valence-electron chi connectivity index (χ1n) is 14.0. The molecule has 2 N–H and O–H groups in total. The summed E-state index contributed by atoms with van der Waals surface area (Å²) < 4.78 is 20.5. The number of hydrogen-bond acceptors (Lipinski definition) is 8. The molecule has 2 aromatic rings. The zero-order chi connectivity index (χ0) is 29.6. The van der Waals surface area contributed by atoms with E-state index in [1.165, 1.54) is 45.5 Å². The van der Waals surface area contributed by atoms with Gasteiger partial charge in [-0.05, 0) is 92.0 Å². The number of carbonyl (C=O) groups is 3. The number of benzene rings is 2. The van der Waals surface area contributed by atoms with Crippen LogP contribution in [0.25, 0.3) is 22.4 Å². The van der Waals surface area contributed by atoms with Gasteiger partial charge in [0.1, 0.15) is 24.2 Å². The van der Waals surface area contributed by atoms with E-state index in [9.17, 15) is 19.5 Å². The number of ether oxygens (including phenoxy) is 4. The molecule has 0 radical (unpaired) electrons. The SMILES string of the molecule is CC(C)(C)OC(=O)NCCOC(=O)C(C)(CO)COC(=O)OCCCc1cc2c3c4c(ccc3c1)C=CCC4=CC2. The van der Waals surface area contributed by atoms with Crippen molar-refractivity contribution in [2.24, 2.45) is 5.41 Å². The van der Waals surface area contributed by atoms with Crippen LogP contribution in [0.1, 0.15) is 62.8 Å². The van der Waals surface area contributed by atoms with E-state index in [2.05, 4.69) is 47.8 Å². The van der Waals surface area contributed by atoms with Gasteiger partial charge in [-0.15, -0.1) is 0 Å². The molecular weight excluding hydrogens is 526 g/mol. The molecule has 0 bridgehead atoms. The van der Waals surface area contributed by atoms with Crippen LogP contribution in [-0.4, -0.2) is 61.9 Å². The summed E-state index contributed by atoms with van der Waals surface area (Å²) in [7, 11) is 0. The summed E-state index contributed by atoms with van der Waals surface area (Å²) in [6, 6.07) is 8.80. The van der Waals surface area contributed by atoms with Gasteiger partial charge in [0, 0.05) is 0 Å². The van der Waals surface area contributed by atoms with Crippen LogP contribution in [-0.2, 0) is 36.6 Å². The molecule has 1 unspecified atom stereocenters. The van der Waals surface area contributed by atoms with Crippen molar-refractivity contribution in [1.29, 1.82) is 0 Å². The number of amides is 1. The molecule has 220 valence electrons. The number of aliphatic hydroxyl groups excluding tert-OH is 1. The van der Waals surface area contributed by atoms with Gasteiger partial charge in [-0.25, -0.2) is 9.59 Å². The maximum atomic E-state index is 12.5. The lowest BCUT2D eigenvalue weighted by atomic mass is 9.81. The summed E-state index contributed by atoms with van der Waals surface area (Å²) in [5.74, 6) is -0.765. The van der Waals surface area contributed by atoms with Gasteiger partial charge < -0.3 is 29.4 Å². The second kappa shape index (κ2) is 12.8. The van der Waals surface area contributed by atoms with Crippen molar-refractivity contribution in [3.63, 3.8) is 0 Å². The fourth-order valence-corrected chi connectivity index (χ4v) is 4.91. The molecule has 1 amide bonds. The molecule has 0 saturated carbocycles. The number of carbonyl (C=O) groups excluding carboxylic acids is 3. The highest BCUT2D eigenvalue weighted by atomic mass is 16.7. The number of rotatable bonds is 11. The Labute approximate surface area is 240 Å². The van der Waals surface area contributed by atoms with E-state index >= 15 is 0 Å². The molecule has 0 fully saturated rings. The molecule has 0 saturated heterocycles. The summed E-state index contributed by atoms with van der Waals surface area (Å²) in [5.41, 5.74) is 4.43. The summed E-state index contributed by atoms with van der Waals surface area (Å²) in [6.07, 6.45) is 8.43. The van der Waals surface area contributed by atoms with E-state index in [4.69, 9.17) is 18.9 Å². The Balaban J connectivity index is 1.19. The zero-order valence-electron chi connectivity index (χ0n) is 24.2. The molecule has 9 heteroatoms. The van der Waals surface area contributed by atoms with Gasteiger partial charge in [0.15, 0.2) is 0 Å². The molecule has 2 aromatic carbocycles. The van der Waals surface area contributed by atoms with Gasteiger partial charge in [-0.2, -0.15) is 0 Å². The van der Waals surface area contributed by atoms with Gasteiger partial charge in [0.2, 0.25) is 0 Å². The third-order valence-corrected chi connectivity index (χ3v) is 7.00. The number of nitrogens with one attached hydrogen (secondary N) is 1. The van der Waals surface area contributed by atoms with Crippen LogP contribution in [0.4, 0.5) is 9.59 Å². The second-order valence-corrected chi connectivity index (χ2v) is 11.7. The first-order valence-corrected chi connectivity index (χ1v) is 14.0. The van der Waals surface area contributed by atoms with Crippen molar-refractivity contribution in [3.8, 4) is 0 Å². The predicted octanol–water partition coefficient (Wildman–Crippen LogP) is 5.35. The van der Waals surface area contributed by atoms with Crippen molar-refractivity contribution in [2.45, 2.75) is 59.0 Å². The molecule has 41 heavy (non-hydrogen) atoms. The third kappa shape index (κ3) is 7.67. The van der Waals surface area contributed by atoms with Crippen molar-refractivity contribution >= 4 is 40.6 Å². The topological polar surface area (TPSA) is 120 Å². The fourth-order valence-electron chi connectivity index (χ4n) is 4.91. The fraction of sp³-hybridized carbons (Fsp3) is 0.469. The Kier molecular flexibility index (Phi) is 9.38. The molecule has 9 nitrogen and oxygen atoms in total. The summed E-state index contributed by atoms with van der Waals surface area (Å²) in [5, 5.41) is 14.8. The summed E-state index contributed by atoms with van der Waals surface area (Å²) in [4.78, 5) is 36.3. The number of aliphatic hydroxyl groups is 1. The minimum Gasteiger partial charge on any atom is -0.463 e. The number of alkyl carbamates (subject to hydrolysis) is 1. The number of aryl methyl sites for hydroxylation is 1. The van der Waals surface area contributed by atoms with Crippen LogP contribution in [0.15, 0.2) is 36.4 Å². The molecule has 4 rings (SSSR count). The van der Waals surface area contributed by atoms with Gasteiger partial charge in [-0.3, -0.25) is 4.79 Å². The lowest BCUT2D eigenvalue weighted by molar-refractivity contribution is -0.160. The monoisotopic (exact) mass is 565 g/mol. The largest absolute Gasteiger partial charge is 0.508 e. The number of hydrogen-bond donors (Lipinski definition) is 2. The van der Waals surface area contributed by atoms with Gasteiger partial charge in [-0.1, -0.05) is 42.5 Å². The van der Waals surface area contributed by atoms with E-state index in [1.807, 2.05) is 0 Å². The summed E-state index contributed by atoms with van der Waals surface area (Å²) >= 11 is 0. The van der Waals surface area contributed by atoms with E-state index in [0.29, 0.717) is 6.42 Å². The van der Waals surface area contributed by atoms with Crippen molar-refractivity contribution in [2.75, 3.05) is 33.0 Å². The Morgan fingerprint density at radius 2 is 1.80 bits per heavy atom. The molecule has 2 aliphatic carbocycles. The standard InChI is InChI=1S/C32H39NO8/c1-31(2,3)41-29(36)33-14-16-38-28(35)32(4,19-34)20-40-30(37)39-15-6-7-21-17-24-12-10-22-8-5-9-23-11-13-25(18-21)27(24)26(22)23/h5,8,10-12,17-18,34H,6-7,9,13-16,19-20H2,1-4H3,(H,33,36). The van der Waals surface area contributed by atoms with Gasteiger partial charge in [0.05, 0.1) is 19.8 Å². The van der Waals surface area contributed by atoms with E-state index in [-0.39, 0.29) is 19.8 Å². The highest BCUT2D eigenvalue weighted by molar-refractivity contribution is 6.02. The van der Waals surface area contributed by atoms with E-state index in [0.717, 1.165) is 19.3 Å². The first-order chi connectivity index (χ1) is 19.5. The minimum atomic E-state index is -1.47. The highest BCUT2D eigenvalue weighted by Gasteiger charge is 2.36. The smallest absolute Gasteiger partial charge is 0.463 e. The molecule has 0 aromatic heterocycles. The van der Waals surface area contributed by atoms with E-state index < -0.39 is 42.4 Å². The molecule has 2 aliphatic rings. The quantitative estimate of drug-likeness (QED) is 0.213. The Morgan fingerprint density at radius 3 is 2.56 bits per heavy atom. The molecule has 1 atom stereocenters. The third-order valence-electron chi connectivity index (χ3n) is 7.00. The lowest BCUT2D eigenvalue weighted by Gasteiger charge is -2.24. The normalized spacial score (nSPS) is 15.0. The van der Waals surface area contributed by atoms with Crippen molar-refractivity contribution < 1.29 is 38.4 Å². The van der Waals surface area contributed by atoms with Crippen molar-refractivity contribution in [1.82, 2.24) is 5.32 Å². The van der Waals surface area contributed by atoms with Crippen LogP contribution in [0.5, 0.6) is 0 Å². The highest BCUT2D eigenvalue weighted by Crippen LogP contribution is 2.40. The van der Waals surface area contributed by atoms with Crippen molar-refractivity contribution in [3.05, 3.63) is 58.7 Å². The Hall–Kier alpha value is -3.85. The number of esters is 1. The average Bonchev–Trinajstić information content (AvgIpc) is 2.94. The van der Waals surface area contributed by atoms with Gasteiger partial charge >= 0.3 is 18.2 Å². The lowest BCUT2D eigenvalue weighted by Crippen LogP contribution is -2.40. The average molecular weight is 566 g/mol. The zero-order valence-corrected chi connectivity index (χ0v) is 24.2. The Bertz CT molecular complexity index is 1370. The minimum absolute atomic E-state index is 0.0288. The first kappa shape index (κ1) is 30.1. The van der Waals surface area contributed by atoms with E-state index in [1.54, 1.807) is 20.8 Å². The molecule has 0 spiro atoms. The predicted molar refractivity (Wildman–Crippen MR) is 155 cm³/mol. The molecular formula is C32H39NO8. The van der Waals surface area contributed by atoms with Crippen LogP contribution < -0.4 is 5.32 Å². The van der Waals surface area contributed by atoms with Crippen LogP contribution >= 0.6 is 0 Å². The van der Waals surface area contributed by atoms with Gasteiger partial charge in [0.25, 0.3) is 0 Å². The van der Waals surface area contributed by atoms with Crippen LogP contribution in [0.2, 0.25) is 0 Å².